The number of hydrogen-bond donors (Lipinski definition) is 0. The van der Waals surface area contributed by atoms with Gasteiger partial charge in [-0.3, -0.25) is 14.5 Å². The van der Waals surface area contributed by atoms with E-state index in [0.717, 1.165) is 62.5 Å². The van der Waals surface area contributed by atoms with Crippen LogP contribution in [-0.4, -0.2) is 67.2 Å². The van der Waals surface area contributed by atoms with E-state index in [9.17, 15) is 9.59 Å². The highest BCUT2D eigenvalue weighted by molar-refractivity contribution is 5.94. The zero-order chi connectivity index (χ0) is 26.6. The lowest BCUT2D eigenvalue weighted by atomic mass is 9.85. The zero-order valence-electron chi connectivity index (χ0n) is 23.0. The monoisotopic (exact) mass is 521 g/mol. The van der Waals surface area contributed by atoms with E-state index in [1.807, 2.05) is 52.0 Å². The number of anilines is 1. The molecular weight excluding hydrogens is 480 g/mol. The second-order valence-electron chi connectivity index (χ2n) is 11.0. The molecule has 3 atom stereocenters. The summed E-state index contributed by atoms with van der Waals surface area (Å²) in [5.74, 6) is 2.58. The maximum absolute atomic E-state index is 13.9. The average Bonchev–Trinajstić information content (AvgIpc) is 3.62. The van der Waals surface area contributed by atoms with Crippen molar-refractivity contribution in [2.24, 2.45) is 13.0 Å². The minimum absolute atomic E-state index is 0.130. The standard InChI is InChI=1S/C30H41N4O4/c1-4-5-15-34(24-8-6-13-31(3)18-24)30(36)20-33-19-25(23-10-11-27-28(17-23)38-21-37-27)22(2)26(33)12-16-32-14-7-9-29(32)35/h6,8,10-11,13,17-18,22,25-26H,4-5,7,9,12,14-16,19-21H2,1-3H3/q+1/t22-,25+,26+/m1/s1. The summed E-state index contributed by atoms with van der Waals surface area (Å²) in [6.45, 7) is 8.18. The van der Waals surface area contributed by atoms with Crippen LogP contribution in [0.15, 0.2) is 42.7 Å². The Morgan fingerprint density at radius 2 is 2.05 bits per heavy atom. The number of aromatic nitrogens is 1. The molecule has 2 fully saturated rings. The van der Waals surface area contributed by atoms with Gasteiger partial charge in [-0.05, 0) is 48.9 Å². The first-order valence-electron chi connectivity index (χ1n) is 14.1. The summed E-state index contributed by atoms with van der Waals surface area (Å²) in [7, 11) is 1.99. The number of hydrogen-bond acceptors (Lipinski definition) is 5. The molecule has 3 aliphatic heterocycles. The summed E-state index contributed by atoms with van der Waals surface area (Å²) in [6.07, 6.45) is 8.47. The van der Waals surface area contributed by atoms with Crippen molar-refractivity contribution in [1.29, 1.82) is 0 Å². The number of carbonyl (C=O) groups excluding carboxylic acids is 2. The lowest BCUT2D eigenvalue weighted by Gasteiger charge is -2.30. The van der Waals surface area contributed by atoms with Gasteiger partial charge in [-0.15, -0.1) is 0 Å². The third-order valence-corrected chi connectivity index (χ3v) is 8.44. The fourth-order valence-corrected chi connectivity index (χ4v) is 6.27. The molecule has 0 N–H and O–H groups in total. The second kappa shape index (κ2) is 11.7. The van der Waals surface area contributed by atoms with Crippen molar-refractivity contribution in [3.63, 3.8) is 0 Å². The predicted octanol–water partition coefficient (Wildman–Crippen LogP) is 3.49. The SMILES string of the molecule is CCCCN(C(=O)CN1C[C@H](c2ccc3c(c2)OCO3)[C@@H](C)[C@@H]1CCN1CCCC1=O)c1ccc[n+](C)c1. The summed E-state index contributed by atoms with van der Waals surface area (Å²) in [5.41, 5.74) is 2.16. The summed E-state index contributed by atoms with van der Waals surface area (Å²) >= 11 is 0. The number of likely N-dealkylation sites (tertiary alicyclic amines) is 2. The van der Waals surface area contributed by atoms with Gasteiger partial charge in [0.05, 0.1) is 6.54 Å². The van der Waals surface area contributed by atoms with Gasteiger partial charge in [0.25, 0.3) is 0 Å². The number of benzene rings is 1. The molecule has 204 valence electrons. The number of amides is 2. The van der Waals surface area contributed by atoms with Crippen molar-refractivity contribution < 1.29 is 23.6 Å². The summed E-state index contributed by atoms with van der Waals surface area (Å²) in [6, 6.07) is 10.5. The highest BCUT2D eigenvalue weighted by Crippen LogP contribution is 2.42. The molecule has 8 heteroatoms. The average molecular weight is 522 g/mol. The largest absolute Gasteiger partial charge is 0.454 e. The predicted molar refractivity (Wildman–Crippen MR) is 145 cm³/mol. The van der Waals surface area contributed by atoms with E-state index in [1.165, 1.54) is 5.56 Å². The Kier molecular flexibility index (Phi) is 8.17. The Balaban J connectivity index is 1.37. The fourth-order valence-electron chi connectivity index (χ4n) is 6.27. The van der Waals surface area contributed by atoms with Crippen molar-refractivity contribution in [3.05, 3.63) is 48.3 Å². The molecular formula is C30H41N4O4+. The van der Waals surface area contributed by atoms with E-state index in [4.69, 9.17) is 9.47 Å². The third kappa shape index (κ3) is 5.65. The molecule has 3 aliphatic rings. The van der Waals surface area contributed by atoms with Crippen LogP contribution in [0.3, 0.4) is 0 Å². The number of ether oxygens (including phenoxy) is 2. The number of rotatable bonds is 10. The molecule has 0 bridgehead atoms. The summed E-state index contributed by atoms with van der Waals surface area (Å²) in [5, 5.41) is 0. The van der Waals surface area contributed by atoms with Crippen LogP contribution in [0.1, 0.15) is 57.4 Å². The molecule has 2 aromatic rings. The van der Waals surface area contributed by atoms with E-state index in [-0.39, 0.29) is 30.6 Å². The highest BCUT2D eigenvalue weighted by Gasteiger charge is 2.41. The van der Waals surface area contributed by atoms with Gasteiger partial charge < -0.3 is 19.3 Å². The van der Waals surface area contributed by atoms with Crippen LogP contribution in [0.2, 0.25) is 0 Å². The molecule has 0 spiro atoms. The topological polar surface area (TPSA) is 66.2 Å². The number of carbonyl (C=O) groups is 2. The summed E-state index contributed by atoms with van der Waals surface area (Å²) < 4.78 is 13.2. The van der Waals surface area contributed by atoms with Gasteiger partial charge in [0.2, 0.25) is 18.6 Å². The van der Waals surface area contributed by atoms with Crippen molar-refractivity contribution in [2.75, 3.05) is 44.4 Å². The Bertz CT molecular complexity index is 1150. The van der Waals surface area contributed by atoms with Gasteiger partial charge in [-0.25, -0.2) is 4.57 Å². The Morgan fingerprint density at radius 3 is 2.82 bits per heavy atom. The van der Waals surface area contributed by atoms with Gasteiger partial charge in [-0.1, -0.05) is 26.3 Å². The second-order valence-corrected chi connectivity index (χ2v) is 11.0. The van der Waals surface area contributed by atoms with Gasteiger partial charge in [0.15, 0.2) is 23.9 Å². The minimum Gasteiger partial charge on any atom is -0.454 e. The lowest BCUT2D eigenvalue weighted by Crippen LogP contribution is -2.45. The molecule has 2 amide bonds. The molecule has 4 heterocycles. The maximum Gasteiger partial charge on any atom is 0.241 e. The highest BCUT2D eigenvalue weighted by atomic mass is 16.7. The molecule has 1 aromatic heterocycles. The number of nitrogens with zero attached hydrogens (tertiary/aromatic N) is 4. The first-order chi connectivity index (χ1) is 18.4. The van der Waals surface area contributed by atoms with Crippen LogP contribution in [0, 0.1) is 5.92 Å². The molecule has 8 nitrogen and oxygen atoms in total. The van der Waals surface area contributed by atoms with Crippen LogP contribution in [-0.2, 0) is 16.6 Å². The first-order valence-corrected chi connectivity index (χ1v) is 14.1. The van der Waals surface area contributed by atoms with Crippen molar-refractivity contribution in [1.82, 2.24) is 9.80 Å². The van der Waals surface area contributed by atoms with Crippen molar-refractivity contribution in [3.8, 4) is 11.5 Å². The smallest absolute Gasteiger partial charge is 0.241 e. The zero-order valence-corrected chi connectivity index (χ0v) is 23.0. The van der Waals surface area contributed by atoms with Crippen LogP contribution in [0.5, 0.6) is 11.5 Å². The molecule has 1 aromatic carbocycles. The van der Waals surface area contributed by atoms with E-state index in [2.05, 4.69) is 30.9 Å². The fraction of sp³-hybridized carbons (Fsp3) is 0.567. The summed E-state index contributed by atoms with van der Waals surface area (Å²) in [4.78, 5) is 32.5. The molecule has 38 heavy (non-hydrogen) atoms. The minimum atomic E-state index is 0.130. The quantitative estimate of drug-likeness (QED) is 0.448. The Morgan fingerprint density at radius 1 is 1.21 bits per heavy atom. The molecule has 0 unspecified atom stereocenters. The lowest BCUT2D eigenvalue weighted by molar-refractivity contribution is -0.670. The maximum atomic E-state index is 13.9. The van der Waals surface area contributed by atoms with Gasteiger partial charge in [-0.2, -0.15) is 0 Å². The van der Waals surface area contributed by atoms with Gasteiger partial charge >= 0.3 is 0 Å². The van der Waals surface area contributed by atoms with Crippen LogP contribution >= 0.6 is 0 Å². The van der Waals surface area contributed by atoms with E-state index < -0.39 is 0 Å². The van der Waals surface area contributed by atoms with Gasteiger partial charge in [0, 0.05) is 50.6 Å². The number of fused-ring (bicyclic) bond motifs is 1. The molecule has 2 saturated heterocycles. The van der Waals surface area contributed by atoms with E-state index in [0.29, 0.717) is 25.4 Å². The normalized spacial score (nSPS) is 22.9. The number of unbranched alkanes of at least 4 members (excludes halogenated alkanes) is 1. The number of pyridine rings is 1. The third-order valence-electron chi connectivity index (χ3n) is 8.44. The first kappa shape index (κ1) is 26.5. The Hall–Kier alpha value is -3.13. The van der Waals surface area contributed by atoms with Crippen LogP contribution in [0.4, 0.5) is 5.69 Å². The number of aryl methyl sites for hydroxylation is 1. The van der Waals surface area contributed by atoms with E-state index in [1.54, 1.807) is 0 Å². The Labute approximate surface area is 226 Å². The molecule has 0 saturated carbocycles. The molecule has 5 rings (SSSR count). The van der Waals surface area contributed by atoms with E-state index >= 15 is 0 Å². The van der Waals surface area contributed by atoms with Gasteiger partial charge in [0.1, 0.15) is 12.7 Å². The molecule has 0 aliphatic carbocycles. The van der Waals surface area contributed by atoms with Crippen LogP contribution < -0.4 is 18.9 Å². The van der Waals surface area contributed by atoms with Crippen LogP contribution in [0.25, 0.3) is 0 Å². The van der Waals surface area contributed by atoms with Crippen molar-refractivity contribution in [2.45, 2.75) is 57.9 Å². The molecule has 0 radical (unpaired) electrons. The van der Waals surface area contributed by atoms with Crippen molar-refractivity contribution >= 4 is 17.5 Å².